The molecule has 3 nitrogen and oxygen atoms in total. The number of hydrogen-bond acceptors (Lipinski definition) is 3. The van der Waals surface area contributed by atoms with E-state index in [0.717, 1.165) is 12.5 Å². The van der Waals surface area contributed by atoms with Crippen molar-refractivity contribution in [3.05, 3.63) is 35.4 Å². The lowest BCUT2D eigenvalue weighted by Gasteiger charge is -2.37. The molecule has 1 N–H and O–H groups in total. The van der Waals surface area contributed by atoms with Gasteiger partial charge in [0, 0.05) is 26.8 Å². The zero-order chi connectivity index (χ0) is 13.7. The zero-order valence-corrected chi connectivity index (χ0v) is 12.2. The minimum absolute atomic E-state index is 0.155. The summed E-state index contributed by atoms with van der Waals surface area (Å²) in [6, 6.07) is 9.34. The van der Waals surface area contributed by atoms with Gasteiger partial charge in [0.05, 0.1) is 12.7 Å². The van der Waals surface area contributed by atoms with Gasteiger partial charge in [-0.05, 0) is 36.8 Å². The van der Waals surface area contributed by atoms with Crippen molar-refractivity contribution < 1.29 is 9.47 Å². The van der Waals surface area contributed by atoms with Crippen molar-refractivity contribution in [3.63, 3.8) is 0 Å². The first-order chi connectivity index (χ1) is 9.24. The fourth-order valence-electron chi connectivity index (χ4n) is 2.78. The number of methoxy groups -OCH3 is 2. The highest BCUT2D eigenvalue weighted by atomic mass is 16.5. The Morgan fingerprint density at radius 1 is 1.26 bits per heavy atom. The molecule has 1 saturated carbocycles. The Kier molecular flexibility index (Phi) is 5.37. The van der Waals surface area contributed by atoms with Crippen molar-refractivity contribution in [1.82, 2.24) is 5.32 Å². The van der Waals surface area contributed by atoms with E-state index in [1.807, 2.05) is 0 Å². The second kappa shape index (κ2) is 7.04. The summed E-state index contributed by atoms with van der Waals surface area (Å²) in [6.45, 7) is 3.72. The largest absolute Gasteiger partial charge is 0.382 e. The van der Waals surface area contributed by atoms with E-state index in [9.17, 15) is 0 Å². The van der Waals surface area contributed by atoms with Crippen molar-refractivity contribution in [2.24, 2.45) is 0 Å². The van der Waals surface area contributed by atoms with Crippen LogP contribution in [0.15, 0.2) is 24.3 Å². The molecule has 1 aliphatic carbocycles. The third-order valence-electron chi connectivity index (χ3n) is 4.09. The fourth-order valence-corrected chi connectivity index (χ4v) is 2.78. The Balaban J connectivity index is 1.73. The van der Waals surface area contributed by atoms with Crippen molar-refractivity contribution in [3.8, 4) is 0 Å². The van der Waals surface area contributed by atoms with E-state index in [4.69, 9.17) is 9.47 Å². The molecule has 1 aliphatic rings. The van der Waals surface area contributed by atoms with Crippen LogP contribution in [0.25, 0.3) is 0 Å². The summed E-state index contributed by atoms with van der Waals surface area (Å²) >= 11 is 0. The molecular formula is C16H25NO2. The van der Waals surface area contributed by atoms with Gasteiger partial charge >= 0.3 is 0 Å². The molecule has 1 atom stereocenters. The van der Waals surface area contributed by atoms with Crippen LogP contribution >= 0.6 is 0 Å². The fraction of sp³-hybridized carbons (Fsp3) is 0.625. The van der Waals surface area contributed by atoms with Crippen molar-refractivity contribution in [2.75, 3.05) is 27.4 Å². The standard InChI is InChI=1S/C16H25NO2/c1-12-6-4-5-7-16(12)13-8-14(9-13)17-10-15(19-3)11-18-2/h4-7,13-15,17H,8-11H2,1-3H3. The molecule has 0 heterocycles. The Bertz CT molecular complexity index is 388. The minimum atomic E-state index is 0.155. The summed E-state index contributed by atoms with van der Waals surface area (Å²) in [5.41, 5.74) is 2.93. The number of rotatable bonds is 7. The molecule has 3 heteroatoms. The number of ether oxygens (including phenoxy) is 2. The third kappa shape index (κ3) is 3.78. The van der Waals surface area contributed by atoms with Gasteiger partial charge < -0.3 is 14.8 Å². The summed E-state index contributed by atoms with van der Waals surface area (Å²) in [7, 11) is 3.45. The molecular weight excluding hydrogens is 238 g/mol. The maximum absolute atomic E-state index is 5.35. The lowest BCUT2D eigenvalue weighted by Crippen LogP contribution is -2.44. The van der Waals surface area contributed by atoms with Crippen LogP contribution in [-0.2, 0) is 9.47 Å². The van der Waals surface area contributed by atoms with Crippen LogP contribution in [0.3, 0.4) is 0 Å². The predicted molar refractivity (Wildman–Crippen MR) is 77.6 cm³/mol. The van der Waals surface area contributed by atoms with Gasteiger partial charge in [-0.1, -0.05) is 24.3 Å². The highest BCUT2D eigenvalue weighted by Gasteiger charge is 2.30. The lowest BCUT2D eigenvalue weighted by molar-refractivity contribution is 0.0251. The second-order valence-corrected chi connectivity index (χ2v) is 5.44. The molecule has 2 rings (SSSR count). The average molecular weight is 263 g/mol. The van der Waals surface area contributed by atoms with E-state index >= 15 is 0 Å². The normalized spacial score (nSPS) is 23.9. The second-order valence-electron chi connectivity index (χ2n) is 5.44. The molecule has 0 aromatic heterocycles. The molecule has 0 amide bonds. The van der Waals surface area contributed by atoms with Crippen LogP contribution in [0.2, 0.25) is 0 Å². The van der Waals surface area contributed by atoms with Crippen molar-refractivity contribution in [2.45, 2.75) is 37.8 Å². The summed E-state index contributed by atoms with van der Waals surface area (Å²) in [5, 5.41) is 3.57. The summed E-state index contributed by atoms with van der Waals surface area (Å²) in [4.78, 5) is 0. The zero-order valence-electron chi connectivity index (χ0n) is 12.2. The first kappa shape index (κ1) is 14.5. The van der Waals surface area contributed by atoms with Gasteiger partial charge in [-0.25, -0.2) is 0 Å². The van der Waals surface area contributed by atoms with Gasteiger partial charge in [0.2, 0.25) is 0 Å². The van der Waals surface area contributed by atoms with Gasteiger partial charge in [-0.3, -0.25) is 0 Å². The first-order valence-corrected chi connectivity index (χ1v) is 7.05. The van der Waals surface area contributed by atoms with E-state index < -0.39 is 0 Å². The molecule has 1 fully saturated rings. The first-order valence-electron chi connectivity index (χ1n) is 7.05. The Morgan fingerprint density at radius 2 is 2.00 bits per heavy atom. The molecule has 1 aromatic carbocycles. The molecule has 0 aliphatic heterocycles. The van der Waals surface area contributed by atoms with Gasteiger partial charge in [0.25, 0.3) is 0 Å². The number of nitrogens with one attached hydrogen (secondary N) is 1. The van der Waals surface area contributed by atoms with Crippen LogP contribution in [0.5, 0.6) is 0 Å². The Hall–Kier alpha value is -0.900. The van der Waals surface area contributed by atoms with Gasteiger partial charge in [-0.2, -0.15) is 0 Å². The molecule has 1 aromatic rings. The topological polar surface area (TPSA) is 30.5 Å². The number of benzene rings is 1. The van der Waals surface area contributed by atoms with Crippen LogP contribution in [0.1, 0.15) is 29.9 Å². The highest BCUT2D eigenvalue weighted by Crippen LogP contribution is 2.38. The molecule has 19 heavy (non-hydrogen) atoms. The van der Waals surface area contributed by atoms with Crippen LogP contribution in [-0.4, -0.2) is 39.5 Å². The predicted octanol–water partition coefficient (Wildman–Crippen LogP) is 2.49. The SMILES string of the molecule is COCC(CNC1CC(c2ccccc2C)C1)OC. The van der Waals surface area contributed by atoms with Gasteiger partial charge in [0.1, 0.15) is 0 Å². The van der Waals surface area contributed by atoms with E-state index in [2.05, 4.69) is 36.5 Å². The smallest absolute Gasteiger partial charge is 0.0928 e. The summed E-state index contributed by atoms with van der Waals surface area (Å²) in [6.07, 6.45) is 2.62. The minimum Gasteiger partial charge on any atom is -0.382 e. The quantitative estimate of drug-likeness (QED) is 0.820. The molecule has 1 unspecified atom stereocenters. The van der Waals surface area contributed by atoms with Crippen LogP contribution in [0.4, 0.5) is 0 Å². The summed E-state index contributed by atoms with van der Waals surface area (Å²) < 4.78 is 10.5. The summed E-state index contributed by atoms with van der Waals surface area (Å²) in [5.74, 6) is 0.724. The van der Waals surface area contributed by atoms with Crippen molar-refractivity contribution >= 4 is 0 Å². The maximum atomic E-state index is 5.35. The van der Waals surface area contributed by atoms with E-state index in [1.54, 1.807) is 14.2 Å². The molecule has 0 saturated heterocycles. The van der Waals surface area contributed by atoms with E-state index in [-0.39, 0.29) is 6.10 Å². The van der Waals surface area contributed by atoms with Crippen LogP contribution in [0, 0.1) is 6.92 Å². The highest BCUT2D eigenvalue weighted by molar-refractivity contribution is 5.31. The molecule has 106 valence electrons. The molecule has 0 bridgehead atoms. The third-order valence-corrected chi connectivity index (χ3v) is 4.09. The van der Waals surface area contributed by atoms with E-state index in [0.29, 0.717) is 12.6 Å². The Morgan fingerprint density at radius 3 is 2.63 bits per heavy atom. The molecule has 0 radical (unpaired) electrons. The van der Waals surface area contributed by atoms with Gasteiger partial charge in [-0.15, -0.1) is 0 Å². The van der Waals surface area contributed by atoms with E-state index in [1.165, 1.54) is 24.0 Å². The van der Waals surface area contributed by atoms with Gasteiger partial charge in [0.15, 0.2) is 0 Å². The van der Waals surface area contributed by atoms with Crippen LogP contribution < -0.4 is 5.32 Å². The van der Waals surface area contributed by atoms with Crippen molar-refractivity contribution in [1.29, 1.82) is 0 Å². The Labute approximate surface area is 116 Å². The number of aryl methyl sites for hydroxylation is 1. The maximum Gasteiger partial charge on any atom is 0.0928 e. The lowest BCUT2D eigenvalue weighted by atomic mass is 9.74. The molecule has 0 spiro atoms. The average Bonchev–Trinajstić information content (AvgIpc) is 2.37. The monoisotopic (exact) mass is 263 g/mol. The number of hydrogen-bond donors (Lipinski definition) is 1.